The SMILES string of the molecule is C.C.C.C.C.C.CCOCCOC.CCOCCOCC(=O)NCC(C)=O.CCc1c2c(nc3ccc(OC(=O)N4CCC(N5CCCCC5)CC4)cc13)-c1cc3c(c(=O)n1C2)COC(=O)C3(CC)OC(=O)CN.[2H]C#C. The van der Waals surface area contributed by atoms with E-state index in [2.05, 4.69) is 16.6 Å². The minimum atomic E-state index is -1.77. The lowest BCUT2D eigenvalue weighted by Crippen LogP contribution is -2.48. The molecule has 2 amide bonds. The third-order valence-electron chi connectivity index (χ3n) is 12.4. The lowest BCUT2D eigenvalue weighted by molar-refractivity contribution is -0.188. The number of piperidine rings is 2. The summed E-state index contributed by atoms with van der Waals surface area (Å²) >= 11 is 0. The summed E-state index contributed by atoms with van der Waals surface area (Å²) in [6.45, 7) is 16.1. The van der Waals surface area contributed by atoms with Gasteiger partial charge >= 0.3 is 18.0 Å². The number of nitrogens with zero attached hydrogens (tertiary/aromatic N) is 4. The first-order chi connectivity index (χ1) is 34.3. The van der Waals surface area contributed by atoms with Crippen LogP contribution in [0.1, 0.15) is 141 Å². The molecule has 2 saturated heterocycles. The number of rotatable bonds is 18. The van der Waals surface area contributed by atoms with Crippen LogP contribution >= 0.6 is 0 Å². The van der Waals surface area contributed by atoms with Gasteiger partial charge in [0.05, 0.1) is 68.5 Å². The zero-order valence-electron chi connectivity index (χ0n) is 42.7. The molecule has 19 nitrogen and oxygen atoms in total. The zero-order chi connectivity index (χ0) is 51.9. The number of hydrogen-bond acceptors (Lipinski definition) is 16. The second kappa shape index (κ2) is 37.9. The summed E-state index contributed by atoms with van der Waals surface area (Å²) in [7, 11) is 1.67. The molecule has 1 unspecified atom stereocenters. The molecule has 2 fully saturated rings. The molecule has 0 spiro atoms. The topological polar surface area (TPSA) is 229 Å². The van der Waals surface area contributed by atoms with E-state index in [1.54, 1.807) is 35.6 Å². The number of cyclic esters (lactones) is 1. The van der Waals surface area contributed by atoms with E-state index in [-0.39, 0.29) is 106 Å². The minimum absolute atomic E-state index is 0. The van der Waals surface area contributed by atoms with E-state index in [1.165, 1.54) is 32.6 Å². The standard InChI is InChI=1S/C35H41N5O7.C9H17NO4.C5H12O2.C2H2.6CH4/c1-3-23-24-16-22(46-34(44)39-14-10-21(11-15-39)38-12-6-5-7-13-38)8-9-28(24)37-31-25(23)19-40-29(31)17-27-26(32(40)42)20-45-33(43)35(27,4-2)47-30(41)18-36;1-3-13-4-5-14-7-9(12)10-6-8(2)11;1-3-7-5-4-6-2;1-2;;;;;;/h8-9,16-17,21H,3-7,10-15,18-20,36H2,1-2H3;3-7H2,1-2H3,(H,10,12);3-5H2,1-2H3;1-2H;6*1H4/i;;;1D;;;;;;. The van der Waals surface area contributed by atoms with Crippen molar-refractivity contribution in [3.63, 3.8) is 0 Å². The smallest absolute Gasteiger partial charge is 0.415 e. The fourth-order valence-corrected chi connectivity index (χ4v) is 8.85. The number of Topliss-reactive ketones (excluding diaryl/α,β-unsaturated/α-hetero) is 1. The van der Waals surface area contributed by atoms with Gasteiger partial charge in [-0.05, 0) is 102 Å². The lowest BCUT2D eigenvalue weighted by atomic mass is 9.85. The number of carbonyl (C=O) groups excluding carboxylic acids is 5. The van der Waals surface area contributed by atoms with Crippen LogP contribution in [0, 0.1) is 12.8 Å². The van der Waals surface area contributed by atoms with Crippen molar-refractivity contribution >= 4 is 40.6 Å². The van der Waals surface area contributed by atoms with Crippen molar-refractivity contribution in [2.45, 2.75) is 149 Å². The molecule has 7 rings (SSSR count). The highest BCUT2D eigenvalue weighted by Crippen LogP contribution is 2.42. The van der Waals surface area contributed by atoms with Crippen molar-refractivity contribution in [3.05, 3.63) is 56.9 Å². The van der Waals surface area contributed by atoms with Crippen LogP contribution in [0.3, 0.4) is 0 Å². The van der Waals surface area contributed by atoms with E-state index in [0.29, 0.717) is 86.8 Å². The second-order valence-corrected chi connectivity index (χ2v) is 16.8. The van der Waals surface area contributed by atoms with E-state index >= 15 is 0 Å². The van der Waals surface area contributed by atoms with Crippen molar-refractivity contribution in [2.24, 2.45) is 5.73 Å². The van der Waals surface area contributed by atoms with Crippen molar-refractivity contribution in [1.82, 2.24) is 24.7 Å². The average Bonchev–Trinajstić information content (AvgIpc) is 3.75. The van der Waals surface area contributed by atoms with Crippen LogP contribution in [0.2, 0.25) is 0 Å². The third-order valence-corrected chi connectivity index (χ3v) is 12.4. The molecule has 4 aliphatic rings. The predicted molar refractivity (Wildman–Crippen MR) is 303 cm³/mol. The highest BCUT2D eigenvalue weighted by molar-refractivity contribution is 5.91. The van der Waals surface area contributed by atoms with E-state index in [0.717, 1.165) is 49.1 Å². The second-order valence-electron chi connectivity index (χ2n) is 16.8. The number of pyridine rings is 2. The van der Waals surface area contributed by atoms with Gasteiger partial charge in [0.2, 0.25) is 11.5 Å². The number of benzene rings is 1. The normalized spacial score (nSPS) is 15.9. The van der Waals surface area contributed by atoms with Crippen molar-refractivity contribution in [1.29, 1.82) is 0 Å². The van der Waals surface area contributed by atoms with Crippen LogP contribution in [0.15, 0.2) is 29.1 Å². The van der Waals surface area contributed by atoms with Crippen LogP contribution in [-0.2, 0) is 72.8 Å². The molecule has 3 aromatic rings. The molecule has 1 atom stereocenters. The molecule has 0 saturated carbocycles. The molecule has 0 aliphatic carbocycles. The van der Waals surface area contributed by atoms with Gasteiger partial charge in [0, 0.05) is 56.0 Å². The van der Waals surface area contributed by atoms with Gasteiger partial charge in [-0.1, -0.05) is 64.8 Å². The van der Waals surface area contributed by atoms with Gasteiger partial charge in [0.1, 0.15) is 26.1 Å². The summed E-state index contributed by atoms with van der Waals surface area (Å²) in [5.74, 6) is -1.41. The maximum absolute atomic E-state index is 13.9. The first-order valence-corrected chi connectivity index (χ1v) is 24.2. The molecule has 4 aliphatic heterocycles. The lowest BCUT2D eigenvalue weighted by Gasteiger charge is -2.39. The molecule has 3 N–H and O–H groups in total. The predicted octanol–water partition coefficient (Wildman–Crippen LogP) is 8.08. The number of ether oxygens (including phenoxy) is 7. The van der Waals surface area contributed by atoms with Gasteiger partial charge in [0.25, 0.3) is 5.56 Å². The molecule has 19 heteroatoms. The number of methoxy groups -OCH3 is 1. The fraction of sp³-hybridized carbons (Fsp3) is 0.632. The first kappa shape index (κ1) is 72.3. The van der Waals surface area contributed by atoms with Gasteiger partial charge < -0.3 is 58.6 Å². The summed E-state index contributed by atoms with van der Waals surface area (Å²) in [4.78, 5) is 83.3. The Hall–Kier alpha value is -5.75. The Kier molecular flexibility index (Phi) is 36.1. The van der Waals surface area contributed by atoms with Crippen LogP contribution in [0.5, 0.6) is 5.75 Å². The number of amides is 2. The summed E-state index contributed by atoms with van der Waals surface area (Å²) < 4.78 is 43.9. The van der Waals surface area contributed by atoms with Gasteiger partial charge in [-0.15, -0.1) is 12.8 Å². The van der Waals surface area contributed by atoms with E-state index in [1.807, 2.05) is 32.9 Å². The summed E-state index contributed by atoms with van der Waals surface area (Å²) in [6.07, 6.45) is 11.9. The Labute approximate surface area is 456 Å². The number of nitrogens with two attached hydrogens (primary N) is 1. The molecule has 6 heterocycles. The number of terminal acetylenes is 1. The quantitative estimate of drug-likeness (QED) is 0.0545. The summed E-state index contributed by atoms with van der Waals surface area (Å²) in [5, 5.41) is 3.27. The number of nitrogens with one attached hydrogen (secondary N) is 1. The largest absolute Gasteiger partial charge is 0.457 e. The van der Waals surface area contributed by atoms with Gasteiger partial charge in [-0.25, -0.2) is 14.6 Å². The van der Waals surface area contributed by atoms with Crippen molar-refractivity contribution < 1.29 is 58.5 Å². The molecule has 2 aromatic heterocycles. The van der Waals surface area contributed by atoms with Crippen LogP contribution in [0.25, 0.3) is 22.3 Å². The van der Waals surface area contributed by atoms with Gasteiger partial charge in [-0.3, -0.25) is 19.2 Å². The Morgan fingerprint density at radius 2 is 1.50 bits per heavy atom. The Bertz CT molecular complexity index is 2370. The molecular weight excluding hydrogens is 977 g/mol. The Balaban J connectivity index is -0.00000154. The Morgan fingerprint density at radius 3 is 2.07 bits per heavy atom. The van der Waals surface area contributed by atoms with Crippen molar-refractivity contribution in [2.75, 3.05) is 92.6 Å². The number of carbonyl (C=O) groups is 5. The molecule has 1 aromatic carbocycles. The number of hydrogen-bond donors (Lipinski definition) is 2. The molecule has 0 radical (unpaired) electrons. The van der Waals surface area contributed by atoms with E-state index in [9.17, 15) is 28.8 Å². The number of likely N-dealkylation sites (tertiary alicyclic amines) is 2. The molecule has 432 valence electrons. The number of aromatic nitrogens is 2. The highest BCUT2D eigenvalue weighted by Gasteiger charge is 2.50. The number of ketones is 1. The maximum Gasteiger partial charge on any atom is 0.415 e. The monoisotopic (exact) mass is 1070 g/mol. The summed E-state index contributed by atoms with van der Waals surface area (Å²) in [5.41, 5.74) is 7.73. The third kappa shape index (κ3) is 19.4. The van der Waals surface area contributed by atoms with E-state index < -0.39 is 24.1 Å². The van der Waals surface area contributed by atoms with Gasteiger partial charge in [0.15, 0.2) is 0 Å². The van der Waals surface area contributed by atoms with Crippen LogP contribution in [-0.4, -0.2) is 148 Å². The minimum Gasteiger partial charge on any atom is -0.457 e. The molecule has 0 bridgehead atoms. The van der Waals surface area contributed by atoms with Crippen LogP contribution < -0.4 is 21.3 Å². The number of esters is 2. The average molecular weight is 1070 g/mol. The zero-order valence-corrected chi connectivity index (χ0v) is 41.7. The van der Waals surface area contributed by atoms with Gasteiger partial charge in [-0.2, -0.15) is 0 Å². The van der Waals surface area contributed by atoms with Crippen LogP contribution in [0.4, 0.5) is 4.79 Å². The van der Waals surface area contributed by atoms with E-state index in [4.69, 9.17) is 45.2 Å². The number of fused-ring (bicyclic) bond motifs is 5. The molecule has 76 heavy (non-hydrogen) atoms. The number of aryl methyl sites for hydroxylation is 1. The Morgan fingerprint density at radius 1 is 0.882 bits per heavy atom. The maximum atomic E-state index is 13.9. The summed E-state index contributed by atoms with van der Waals surface area (Å²) in [6, 6.07) is 7.71. The fourth-order valence-electron chi connectivity index (χ4n) is 8.85. The first-order valence-electron chi connectivity index (χ1n) is 24.7. The van der Waals surface area contributed by atoms with Crippen molar-refractivity contribution in [3.8, 4) is 30.0 Å². The highest BCUT2D eigenvalue weighted by atomic mass is 16.6. The molecular formula is C57H96N6O13.